The Bertz CT molecular complexity index is 375. The minimum atomic E-state index is 0.619. The maximum atomic E-state index is 4.07. The topological polar surface area (TPSA) is 25.2 Å². The summed E-state index contributed by atoms with van der Waals surface area (Å²) in [6.07, 6.45) is 7.79. The molecule has 0 N–H and O–H groups in total. The van der Waals surface area contributed by atoms with E-state index in [0.29, 0.717) is 11.8 Å². The molecule has 2 rings (SSSR count). The quantitative estimate of drug-likeness (QED) is 0.757. The van der Waals surface area contributed by atoms with Gasteiger partial charge in [-0.1, -0.05) is 33.8 Å². The van der Waals surface area contributed by atoms with Crippen LogP contribution in [0.4, 0.5) is 0 Å². The lowest BCUT2D eigenvalue weighted by Gasteiger charge is -2.01. The summed E-state index contributed by atoms with van der Waals surface area (Å²) >= 11 is 0. The van der Waals surface area contributed by atoms with Gasteiger partial charge in [0.15, 0.2) is 0 Å². The van der Waals surface area contributed by atoms with E-state index >= 15 is 0 Å². The van der Waals surface area contributed by atoms with Crippen molar-refractivity contribution in [2.24, 2.45) is 10.9 Å². The first-order valence-electron chi connectivity index (χ1n) is 6.21. The summed E-state index contributed by atoms with van der Waals surface area (Å²) < 4.78 is 0. The van der Waals surface area contributed by atoms with Crippen LogP contribution in [0.2, 0.25) is 0 Å². The third kappa shape index (κ3) is 4.94. The van der Waals surface area contributed by atoms with Gasteiger partial charge in [-0.15, -0.1) is 0 Å². The molecular weight excluding hydrogens is 208 g/mol. The predicted octanol–water partition coefficient (Wildman–Crippen LogP) is 3.86. The Morgan fingerprint density at radius 3 is 1.94 bits per heavy atom. The zero-order valence-corrected chi connectivity index (χ0v) is 11.2. The van der Waals surface area contributed by atoms with E-state index in [1.807, 2.05) is 30.7 Å². The van der Waals surface area contributed by atoms with E-state index in [0.717, 1.165) is 6.54 Å². The van der Waals surface area contributed by atoms with Crippen LogP contribution in [0.15, 0.2) is 41.2 Å². The Kier molecular flexibility index (Phi) is 5.61. The molecule has 92 valence electrons. The maximum Gasteiger partial charge on any atom is 0.0576 e. The normalized spacial score (nSPS) is 13.6. The number of pyridine rings is 1. The van der Waals surface area contributed by atoms with Gasteiger partial charge >= 0.3 is 0 Å². The van der Waals surface area contributed by atoms with Gasteiger partial charge in [-0.2, -0.15) is 0 Å². The highest BCUT2D eigenvalue weighted by atomic mass is 14.7. The number of rotatable bonds is 2. The smallest absolute Gasteiger partial charge is 0.0576 e. The van der Waals surface area contributed by atoms with Gasteiger partial charge in [0.05, 0.1) is 6.54 Å². The summed E-state index contributed by atoms with van der Waals surface area (Å²) in [6.45, 7) is 9.62. The fourth-order valence-corrected chi connectivity index (χ4v) is 1.50. The van der Waals surface area contributed by atoms with Crippen molar-refractivity contribution in [3.05, 3.63) is 41.7 Å². The highest BCUT2D eigenvalue weighted by Gasteiger charge is 2.01. The summed E-state index contributed by atoms with van der Waals surface area (Å²) in [5, 5.41) is 0. The molecule has 0 saturated carbocycles. The minimum absolute atomic E-state index is 0.619. The van der Waals surface area contributed by atoms with Crippen molar-refractivity contribution in [3.8, 4) is 0 Å². The van der Waals surface area contributed by atoms with Gasteiger partial charge in [-0.25, -0.2) is 0 Å². The predicted molar refractivity (Wildman–Crippen MR) is 74.6 cm³/mol. The molecular formula is C15H22N2. The van der Waals surface area contributed by atoms with Crippen molar-refractivity contribution < 1.29 is 0 Å². The average Bonchev–Trinajstić information content (AvgIpc) is 2.84. The number of hydrogen-bond acceptors (Lipinski definition) is 2. The lowest BCUT2D eigenvalue weighted by atomic mass is 10.1. The number of aliphatic imine (C=N–C) groups is 1. The van der Waals surface area contributed by atoms with Gasteiger partial charge in [0, 0.05) is 18.6 Å². The molecule has 1 aromatic heterocycles. The Hall–Kier alpha value is -1.44. The fraction of sp³-hybridized carbons (Fsp3) is 0.467. The number of nitrogens with zero attached hydrogens (tertiary/aromatic N) is 2. The average molecular weight is 230 g/mol. The van der Waals surface area contributed by atoms with Gasteiger partial charge in [-0.3, -0.25) is 9.98 Å². The van der Waals surface area contributed by atoms with Gasteiger partial charge in [-0.05, 0) is 35.1 Å². The Morgan fingerprint density at radius 1 is 1.00 bits per heavy atom. The molecule has 0 saturated heterocycles. The standard InChI is InChI=1S/C8H11N.C7H11N/c1-7(2)8-3-5-9-6-4-8;1-6(2)7-3-4-8-5-7/h3-7H,1-2H3;3,5-6H,4H2,1-2H3. The highest BCUT2D eigenvalue weighted by Crippen LogP contribution is 2.11. The molecule has 0 fully saturated rings. The molecule has 1 aliphatic rings. The van der Waals surface area contributed by atoms with Crippen molar-refractivity contribution in [1.82, 2.24) is 4.98 Å². The zero-order valence-electron chi connectivity index (χ0n) is 11.2. The van der Waals surface area contributed by atoms with E-state index < -0.39 is 0 Å². The van der Waals surface area contributed by atoms with E-state index in [1.165, 1.54) is 11.1 Å². The molecule has 2 nitrogen and oxygen atoms in total. The molecule has 17 heavy (non-hydrogen) atoms. The van der Waals surface area contributed by atoms with Crippen LogP contribution in [0.1, 0.15) is 39.2 Å². The van der Waals surface area contributed by atoms with Crippen LogP contribution in [-0.2, 0) is 0 Å². The van der Waals surface area contributed by atoms with Crippen LogP contribution >= 0.6 is 0 Å². The molecule has 1 aromatic rings. The second-order valence-electron chi connectivity index (χ2n) is 4.79. The van der Waals surface area contributed by atoms with Crippen LogP contribution in [0.25, 0.3) is 0 Å². The first kappa shape index (κ1) is 13.6. The Labute approximate surface area is 105 Å². The van der Waals surface area contributed by atoms with Crippen molar-refractivity contribution in [3.63, 3.8) is 0 Å². The summed E-state index contributed by atoms with van der Waals surface area (Å²) in [4.78, 5) is 8.00. The van der Waals surface area contributed by atoms with Crippen molar-refractivity contribution in [1.29, 1.82) is 0 Å². The fourth-order valence-electron chi connectivity index (χ4n) is 1.50. The molecule has 0 aromatic carbocycles. The second kappa shape index (κ2) is 7.00. The van der Waals surface area contributed by atoms with E-state index in [9.17, 15) is 0 Å². The molecule has 0 aliphatic carbocycles. The Balaban J connectivity index is 0.000000171. The molecule has 0 radical (unpaired) electrons. The van der Waals surface area contributed by atoms with Gasteiger partial charge < -0.3 is 0 Å². The summed E-state index contributed by atoms with van der Waals surface area (Å²) in [5.41, 5.74) is 2.73. The first-order valence-corrected chi connectivity index (χ1v) is 6.21. The third-order valence-electron chi connectivity index (χ3n) is 2.71. The number of aromatic nitrogens is 1. The molecule has 0 atom stereocenters. The molecule has 0 spiro atoms. The first-order chi connectivity index (χ1) is 8.11. The van der Waals surface area contributed by atoms with Crippen molar-refractivity contribution in [2.45, 2.75) is 33.6 Å². The molecule has 2 heteroatoms. The van der Waals surface area contributed by atoms with Gasteiger partial charge in [0.2, 0.25) is 0 Å². The molecule has 0 unspecified atom stereocenters. The monoisotopic (exact) mass is 230 g/mol. The number of allylic oxidation sites excluding steroid dienone is 1. The van der Waals surface area contributed by atoms with Crippen molar-refractivity contribution in [2.75, 3.05) is 6.54 Å². The molecule has 0 amide bonds. The second-order valence-corrected chi connectivity index (χ2v) is 4.79. The molecule has 1 aliphatic heterocycles. The highest BCUT2D eigenvalue weighted by molar-refractivity contribution is 5.81. The maximum absolute atomic E-state index is 4.07. The van der Waals surface area contributed by atoms with E-state index in [1.54, 1.807) is 0 Å². The van der Waals surface area contributed by atoms with Gasteiger partial charge in [0.25, 0.3) is 0 Å². The van der Waals surface area contributed by atoms with E-state index in [2.05, 4.69) is 43.7 Å². The number of hydrogen-bond donors (Lipinski definition) is 0. The van der Waals surface area contributed by atoms with Gasteiger partial charge in [0.1, 0.15) is 0 Å². The molecule has 2 heterocycles. The van der Waals surface area contributed by atoms with Crippen LogP contribution < -0.4 is 0 Å². The van der Waals surface area contributed by atoms with Crippen LogP contribution in [0.5, 0.6) is 0 Å². The van der Waals surface area contributed by atoms with E-state index in [4.69, 9.17) is 0 Å². The minimum Gasteiger partial charge on any atom is -0.289 e. The largest absolute Gasteiger partial charge is 0.289 e. The van der Waals surface area contributed by atoms with Crippen LogP contribution in [-0.4, -0.2) is 17.7 Å². The van der Waals surface area contributed by atoms with Crippen molar-refractivity contribution >= 4 is 6.21 Å². The lowest BCUT2D eigenvalue weighted by molar-refractivity contribution is 0.808. The zero-order chi connectivity index (χ0) is 12.7. The third-order valence-corrected chi connectivity index (χ3v) is 2.71. The van der Waals surface area contributed by atoms with Crippen LogP contribution in [0.3, 0.4) is 0 Å². The molecule has 0 bridgehead atoms. The van der Waals surface area contributed by atoms with Crippen LogP contribution in [0, 0.1) is 5.92 Å². The summed E-state index contributed by atoms with van der Waals surface area (Å²) in [7, 11) is 0. The van der Waals surface area contributed by atoms with E-state index in [-0.39, 0.29) is 0 Å². The Morgan fingerprint density at radius 2 is 1.65 bits per heavy atom. The summed E-state index contributed by atoms with van der Waals surface area (Å²) in [6, 6.07) is 4.09. The SMILES string of the molecule is CC(C)C1=CCN=C1.CC(C)c1ccncc1. The summed E-state index contributed by atoms with van der Waals surface area (Å²) in [5.74, 6) is 1.27. The lowest BCUT2D eigenvalue weighted by Crippen LogP contribution is -1.90.